The minimum atomic E-state index is -1.16. The quantitative estimate of drug-likeness (QED) is 0.487. The lowest BCUT2D eigenvalue weighted by Crippen LogP contribution is -2.51. The Labute approximate surface area is 156 Å². The molecule has 0 unspecified atom stereocenters. The Bertz CT molecular complexity index is 753. The van der Waals surface area contributed by atoms with E-state index in [-0.39, 0.29) is 12.3 Å². The van der Waals surface area contributed by atoms with E-state index < -0.39 is 23.3 Å². The van der Waals surface area contributed by atoms with E-state index in [1.807, 2.05) is 36.4 Å². The average molecular weight is 372 g/mol. The van der Waals surface area contributed by atoms with Crippen molar-refractivity contribution >= 4 is 29.5 Å². The summed E-state index contributed by atoms with van der Waals surface area (Å²) in [5.74, 6) is -2.06. The van der Waals surface area contributed by atoms with E-state index >= 15 is 0 Å². The number of benzene rings is 2. The third kappa shape index (κ3) is 6.25. The fraction of sp³-hybridized carbons (Fsp3) is 0.211. The van der Waals surface area contributed by atoms with Crippen LogP contribution in [-0.2, 0) is 20.8 Å². The van der Waals surface area contributed by atoms with E-state index in [0.717, 1.165) is 22.2 Å². The van der Waals surface area contributed by atoms with Gasteiger partial charge in [0.05, 0.1) is 0 Å². The Hall–Kier alpha value is -2.80. The molecule has 0 aliphatic carbocycles. The molecule has 7 heteroatoms. The van der Waals surface area contributed by atoms with Gasteiger partial charge in [-0.25, -0.2) is 4.79 Å². The van der Waals surface area contributed by atoms with Gasteiger partial charge in [-0.1, -0.05) is 60.3 Å². The zero-order valence-electron chi connectivity index (χ0n) is 14.2. The Morgan fingerprint density at radius 3 is 2.08 bits per heavy atom. The molecule has 2 amide bonds. The summed E-state index contributed by atoms with van der Waals surface area (Å²) >= 11 is 1.02. The lowest BCUT2D eigenvalue weighted by molar-refractivity contribution is -0.139. The molecule has 136 valence electrons. The molecular formula is C19H20N2O4S. The fourth-order valence-electron chi connectivity index (χ4n) is 2.31. The molecule has 2 rings (SSSR count). The highest BCUT2D eigenvalue weighted by Crippen LogP contribution is 2.21. The van der Waals surface area contributed by atoms with Crippen LogP contribution in [0.5, 0.6) is 0 Å². The number of thioether (sulfide) groups is 1. The van der Waals surface area contributed by atoms with E-state index in [2.05, 4.69) is 10.6 Å². The van der Waals surface area contributed by atoms with Crippen LogP contribution in [0.4, 0.5) is 0 Å². The Kier molecular flexibility index (Phi) is 7.23. The van der Waals surface area contributed by atoms with Gasteiger partial charge >= 0.3 is 5.97 Å². The second-order valence-corrected chi connectivity index (χ2v) is 6.78. The third-order valence-electron chi connectivity index (χ3n) is 3.47. The molecule has 0 aliphatic heterocycles. The van der Waals surface area contributed by atoms with Gasteiger partial charge in [-0.15, -0.1) is 0 Å². The Morgan fingerprint density at radius 2 is 1.54 bits per heavy atom. The highest BCUT2D eigenvalue weighted by atomic mass is 32.2. The molecule has 26 heavy (non-hydrogen) atoms. The van der Waals surface area contributed by atoms with Gasteiger partial charge in [-0.3, -0.25) is 9.59 Å². The van der Waals surface area contributed by atoms with Crippen molar-refractivity contribution in [2.45, 2.75) is 29.7 Å². The molecule has 2 atom stereocenters. The molecule has 3 N–H and O–H groups in total. The van der Waals surface area contributed by atoms with Crippen LogP contribution in [0.15, 0.2) is 65.6 Å². The van der Waals surface area contributed by atoms with Gasteiger partial charge in [-0.05, 0) is 17.7 Å². The van der Waals surface area contributed by atoms with Gasteiger partial charge in [0.15, 0.2) is 5.37 Å². The normalized spacial score (nSPS) is 12.7. The summed E-state index contributed by atoms with van der Waals surface area (Å²) in [6, 6.07) is 17.3. The zero-order valence-corrected chi connectivity index (χ0v) is 15.0. The third-order valence-corrected chi connectivity index (χ3v) is 4.57. The number of amides is 2. The first-order valence-corrected chi connectivity index (χ1v) is 8.89. The van der Waals surface area contributed by atoms with Crippen molar-refractivity contribution in [3.05, 3.63) is 66.2 Å². The van der Waals surface area contributed by atoms with Crippen LogP contribution in [0.3, 0.4) is 0 Å². The summed E-state index contributed by atoms with van der Waals surface area (Å²) in [5.41, 5.74) is 0.865. The van der Waals surface area contributed by atoms with Crippen LogP contribution in [0.1, 0.15) is 12.5 Å². The number of hydrogen-bond acceptors (Lipinski definition) is 4. The van der Waals surface area contributed by atoms with Crippen LogP contribution in [0.2, 0.25) is 0 Å². The molecular weight excluding hydrogens is 352 g/mol. The summed E-state index contributed by atoms with van der Waals surface area (Å²) in [7, 11) is 0. The van der Waals surface area contributed by atoms with Gasteiger partial charge in [0, 0.05) is 18.2 Å². The highest BCUT2D eigenvalue weighted by Gasteiger charge is 2.26. The van der Waals surface area contributed by atoms with Crippen LogP contribution in [0.25, 0.3) is 0 Å². The summed E-state index contributed by atoms with van der Waals surface area (Å²) in [6.07, 6.45) is 0.272. The predicted molar refractivity (Wildman–Crippen MR) is 99.6 cm³/mol. The first-order valence-electron chi connectivity index (χ1n) is 8.01. The van der Waals surface area contributed by atoms with Gasteiger partial charge < -0.3 is 15.7 Å². The first-order chi connectivity index (χ1) is 12.5. The average Bonchev–Trinajstić information content (AvgIpc) is 2.62. The molecule has 0 aromatic heterocycles. The Balaban J connectivity index is 2.09. The van der Waals surface area contributed by atoms with Crippen LogP contribution >= 0.6 is 11.8 Å². The summed E-state index contributed by atoms with van der Waals surface area (Å²) < 4.78 is 0. The van der Waals surface area contributed by atoms with Gasteiger partial charge in [0.25, 0.3) is 0 Å². The monoisotopic (exact) mass is 372 g/mol. The van der Waals surface area contributed by atoms with Crippen LogP contribution < -0.4 is 10.6 Å². The lowest BCUT2D eigenvalue weighted by Gasteiger charge is -2.21. The number of carboxylic acid groups (broad SMARTS) is 1. The smallest absolute Gasteiger partial charge is 0.337 e. The topological polar surface area (TPSA) is 95.5 Å². The SMILES string of the molecule is CC(=O)N[C@@H](Cc1ccccc1)C(=O)N[C@@H](Sc1ccccc1)C(=O)O. The van der Waals surface area contributed by atoms with Crippen molar-refractivity contribution in [3.8, 4) is 0 Å². The number of nitrogens with one attached hydrogen (secondary N) is 2. The Morgan fingerprint density at radius 1 is 0.962 bits per heavy atom. The van der Waals surface area contributed by atoms with Crippen LogP contribution in [0, 0.1) is 0 Å². The van der Waals surface area contributed by atoms with Crippen molar-refractivity contribution in [3.63, 3.8) is 0 Å². The molecule has 0 bridgehead atoms. The van der Waals surface area contributed by atoms with E-state index in [1.165, 1.54) is 6.92 Å². The number of hydrogen-bond donors (Lipinski definition) is 3. The first kappa shape index (κ1) is 19.5. The summed E-state index contributed by atoms with van der Waals surface area (Å²) in [5, 5.41) is 13.3. The summed E-state index contributed by atoms with van der Waals surface area (Å²) in [4.78, 5) is 36.3. The molecule has 0 saturated carbocycles. The van der Waals surface area contributed by atoms with E-state index in [0.29, 0.717) is 0 Å². The summed E-state index contributed by atoms with van der Waals surface area (Å²) in [6.45, 7) is 1.32. The number of carbonyl (C=O) groups is 3. The molecule has 0 spiro atoms. The lowest BCUT2D eigenvalue weighted by atomic mass is 10.1. The maximum Gasteiger partial charge on any atom is 0.337 e. The minimum Gasteiger partial charge on any atom is -0.479 e. The maximum absolute atomic E-state index is 12.6. The molecule has 2 aromatic rings. The molecule has 2 aromatic carbocycles. The van der Waals surface area contributed by atoms with Crippen molar-refractivity contribution in [2.75, 3.05) is 0 Å². The second kappa shape index (κ2) is 9.62. The van der Waals surface area contributed by atoms with Gasteiger partial charge in [-0.2, -0.15) is 0 Å². The molecule has 0 saturated heterocycles. The van der Waals surface area contributed by atoms with Crippen molar-refractivity contribution in [2.24, 2.45) is 0 Å². The van der Waals surface area contributed by atoms with Crippen molar-refractivity contribution < 1.29 is 19.5 Å². The minimum absolute atomic E-state index is 0.272. The zero-order chi connectivity index (χ0) is 18.9. The molecule has 0 fully saturated rings. The largest absolute Gasteiger partial charge is 0.479 e. The van der Waals surface area contributed by atoms with E-state index in [4.69, 9.17) is 0 Å². The molecule has 0 radical (unpaired) electrons. The van der Waals surface area contributed by atoms with E-state index in [1.54, 1.807) is 24.3 Å². The molecule has 6 nitrogen and oxygen atoms in total. The molecule has 0 aliphatic rings. The maximum atomic E-state index is 12.6. The van der Waals surface area contributed by atoms with Crippen molar-refractivity contribution in [1.82, 2.24) is 10.6 Å². The number of aliphatic carboxylic acids is 1. The number of carboxylic acids is 1. The van der Waals surface area contributed by atoms with E-state index in [9.17, 15) is 19.5 Å². The van der Waals surface area contributed by atoms with Crippen LogP contribution in [-0.4, -0.2) is 34.3 Å². The number of rotatable bonds is 8. The number of carbonyl (C=O) groups excluding carboxylic acids is 2. The second-order valence-electron chi connectivity index (χ2n) is 5.60. The fourth-order valence-corrected chi connectivity index (χ4v) is 3.17. The van der Waals surface area contributed by atoms with Gasteiger partial charge in [0.1, 0.15) is 6.04 Å². The standard InChI is InChI=1S/C19H20N2O4S/c1-13(22)20-16(12-14-8-4-2-5-9-14)17(23)21-18(19(24)25)26-15-10-6-3-7-11-15/h2-11,16,18H,12H2,1H3,(H,20,22)(H,21,23)(H,24,25)/t16-,18-/m0/s1. The van der Waals surface area contributed by atoms with Crippen molar-refractivity contribution in [1.29, 1.82) is 0 Å². The molecule has 0 heterocycles. The highest BCUT2D eigenvalue weighted by molar-refractivity contribution is 8.00. The predicted octanol–water partition coefficient (Wildman–Crippen LogP) is 2.05. The van der Waals surface area contributed by atoms with Gasteiger partial charge in [0.2, 0.25) is 11.8 Å².